The highest BCUT2D eigenvalue weighted by Gasteiger charge is 2.65. The van der Waals surface area contributed by atoms with E-state index in [1.165, 1.54) is 71.3 Å². The number of aliphatic hydroxyl groups excluding tert-OH is 1. The van der Waals surface area contributed by atoms with Crippen LogP contribution in [0.25, 0.3) is 10.9 Å². The molecule has 9 rings (SSSR count). The predicted molar refractivity (Wildman–Crippen MR) is 478 cm³/mol. The number of hydrogen-bond acceptors (Lipinski definition) is 27. The number of phenols is 1. The van der Waals surface area contributed by atoms with Crippen LogP contribution in [0.5, 0.6) is 11.5 Å². The van der Waals surface area contributed by atoms with Crippen molar-refractivity contribution in [2.24, 2.45) is 17.4 Å². The fourth-order valence-electron chi connectivity index (χ4n) is 14.6. The van der Waals surface area contributed by atoms with Crippen LogP contribution in [0.4, 0.5) is 10.5 Å². The number of carbonyl (C=O) groups excluding carboxylic acids is 12. The normalized spacial score (nSPS) is 26.1. The number of esters is 1. The zero-order valence-electron chi connectivity index (χ0n) is 71.3. The summed E-state index contributed by atoms with van der Waals surface area (Å²) in [6, 6.07) is 10.5. The second kappa shape index (κ2) is 45.9. The van der Waals surface area contributed by atoms with Gasteiger partial charge in [-0.2, -0.15) is 0 Å². The number of carbonyl (C=O) groups is 12. The Balaban J connectivity index is 0.930. The Labute approximate surface area is 751 Å². The summed E-state index contributed by atoms with van der Waals surface area (Å²) in [4.78, 5) is 180. The Morgan fingerprint density at radius 3 is 2.18 bits per heavy atom. The number of anilines is 1. The van der Waals surface area contributed by atoms with Gasteiger partial charge in [0.05, 0.1) is 37.7 Å². The van der Waals surface area contributed by atoms with E-state index < -0.39 is 201 Å². The summed E-state index contributed by atoms with van der Waals surface area (Å²) < 4.78 is 57.8. The first-order chi connectivity index (χ1) is 59.7. The van der Waals surface area contributed by atoms with Gasteiger partial charge in [0.2, 0.25) is 69.1 Å². The number of hydrogen-bond donors (Lipinski definition) is 15. The number of benzene rings is 4. The van der Waals surface area contributed by atoms with Gasteiger partial charge in [-0.1, -0.05) is 146 Å². The number of phenolic OH excluding ortho intramolecular Hbond substituents is 1. The highest BCUT2D eigenvalue weighted by molar-refractivity contribution is 8.77. The van der Waals surface area contributed by atoms with E-state index in [1.807, 2.05) is 6.92 Å². The SMILES string of the molecule is COc1cc2cc(c1Cl)N(C)C(=O)C[C@H](OC(=O)[C@H](C)N(C)C(=O)CCSSC[C@H](NC(=O)[C@@H]1CSSC[C@H](NC(=O)[C@@H](Cc3ccccc3)NS(C)(=O)=O)C(=O)N[C@@H](Cc3ccc(O)cc3)C(=O)N[C@H](Cc3c[nH]c4ccccc34)C(=O)N[C@@H](CCCCN)C(=O)N[C@@H]([C@@H](C)O)C(=O)N1)C(N)=O)[C@]1(C)O[C@H]1[C@H](C)[C@@H]1C[C@@](O)(NC(=O)O1)[C@H](OC)/C=C/C=C(\C)C2. The molecule has 36 nitrogen and oxygen atoms in total. The predicted octanol–water partition coefficient (Wildman–Crippen LogP) is 2.90. The van der Waals surface area contributed by atoms with Crippen molar-refractivity contribution in [3.8, 4) is 11.5 Å². The van der Waals surface area contributed by atoms with Crippen molar-refractivity contribution in [2.45, 2.75) is 195 Å². The monoisotopic (exact) mass is 1860 g/mol. The molecule has 0 aliphatic carbocycles. The summed E-state index contributed by atoms with van der Waals surface area (Å²) in [5, 5.41) is 55.4. The quantitative estimate of drug-likeness (QED) is 0.0142. The molecule has 4 aromatic carbocycles. The number of para-hydroxylation sites is 1. The van der Waals surface area contributed by atoms with Crippen molar-refractivity contribution in [3.05, 3.63) is 148 Å². The second-order valence-corrected chi connectivity index (χ2v) is 39.0. The van der Waals surface area contributed by atoms with Gasteiger partial charge in [-0.15, -0.1) is 0 Å². The number of H-pyrrole nitrogens is 1. The summed E-state index contributed by atoms with van der Waals surface area (Å²) in [6.07, 6.45) is -0.0716. The molecule has 0 radical (unpaired) electrons. The van der Waals surface area contributed by atoms with Crippen molar-refractivity contribution in [2.75, 3.05) is 69.0 Å². The van der Waals surface area contributed by atoms with Gasteiger partial charge < -0.3 is 102 Å². The third-order valence-corrected chi connectivity index (χ3v) is 28.0. The van der Waals surface area contributed by atoms with E-state index in [0.717, 1.165) is 59.9 Å². The van der Waals surface area contributed by atoms with Crippen molar-refractivity contribution in [1.29, 1.82) is 0 Å². The molecule has 17 N–H and O–H groups in total. The van der Waals surface area contributed by atoms with Gasteiger partial charge in [-0.05, 0) is 119 Å². The molecule has 0 unspecified atom stereocenters. The first kappa shape index (κ1) is 100. The van der Waals surface area contributed by atoms with E-state index in [9.17, 15) is 66.9 Å². The second-order valence-electron chi connectivity index (χ2n) is 31.7. The van der Waals surface area contributed by atoms with Crippen LogP contribution in [0, 0.1) is 5.92 Å². The summed E-state index contributed by atoms with van der Waals surface area (Å²) in [5.41, 5.74) is 12.4. The van der Waals surface area contributed by atoms with Crippen LogP contribution in [0.1, 0.15) is 95.4 Å². The highest BCUT2D eigenvalue weighted by atomic mass is 35.5. The molecule has 686 valence electrons. The number of fused-ring (bicyclic) bond motifs is 6. The summed E-state index contributed by atoms with van der Waals surface area (Å²) in [5.74, 6) is -11.7. The van der Waals surface area contributed by atoms with Crippen molar-refractivity contribution < 1.29 is 105 Å². The molecule has 126 heavy (non-hydrogen) atoms. The standard InChI is InChI=1S/C84H111ClN14O22S5/c1-45-19-18-25-66(118-9)84(114)40-65(119-82(113)96-84)46(2)72-83(5,121-72)67(39-69(103)99(7)63-36-51(33-45)37-64(117-8)70(63)85)120-81(112)47(3)98(6)68(102)30-32-122-123-42-60(73(87)104)92-79(110)62-44-125-124-43-61(93-77(108)59(97-126(10,115)116)35-49-20-12-11-13-21-49)78(109)90-57(34-50-26-28-53(101)29-27-50)75(106)91-58(38-52-41-88-55-23-15-14-22-54(52)55)76(107)89-56(24-16-17-31-86)74(105)95-71(48(4)100)80(111)94-62/h11-15,18-23,25-29,36-37,41,46-48,56-62,65-67,71-72,88,97,100-101,114H,16-17,24,30-35,38-40,42-44,86H2,1-10H3,(H2,87,104)(H,89,107)(H,90,109)(H,91,106)(H,92,110)(H,93,108)(H,94,111)(H,95,105)(H,96,113)/b25-18+,45-19+/t46-,47+,48-,56+,57+,58-,59-,60+,61+,62+,65+,66-,67+,71+,72+,83+,84+/m1/s1. The number of allylic oxidation sites excluding steroid dienone is 3. The van der Waals surface area contributed by atoms with Gasteiger partial charge >= 0.3 is 12.1 Å². The molecule has 0 saturated carbocycles. The Bertz CT molecular complexity index is 4920. The van der Waals surface area contributed by atoms with Crippen molar-refractivity contribution in [3.63, 3.8) is 0 Å². The number of sulfonamides is 1. The molecular weight excluding hydrogens is 1750 g/mol. The number of alkyl carbamates (subject to hydrolysis) is 1. The van der Waals surface area contributed by atoms with E-state index >= 15 is 14.4 Å². The number of amides is 11. The Morgan fingerprint density at radius 1 is 0.841 bits per heavy atom. The van der Waals surface area contributed by atoms with Crippen LogP contribution < -0.4 is 68.4 Å². The third-order valence-electron chi connectivity index (χ3n) is 22.1. The van der Waals surface area contributed by atoms with Crippen molar-refractivity contribution >= 4 is 153 Å². The zero-order chi connectivity index (χ0) is 92.1. The number of aromatic nitrogens is 1. The van der Waals surface area contributed by atoms with Crippen molar-refractivity contribution in [1.82, 2.24) is 57.1 Å². The molecule has 17 atom stereocenters. The third kappa shape index (κ3) is 27.7. The summed E-state index contributed by atoms with van der Waals surface area (Å²) >= 11 is 6.89. The number of aromatic amines is 1. The number of aromatic hydroxyl groups is 1. The van der Waals surface area contributed by atoms with Gasteiger partial charge in [0, 0.05) is 92.9 Å². The van der Waals surface area contributed by atoms with E-state index in [2.05, 4.69) is 52.2 Å². The molecule has 4 aliphatic heterocycles. The molecule has 11 amide bonds. The summed E-state index contributed by atoms with van der Waals surface area (Å²) in [6.45, 7) is 7.99. The average molecular weight is 1860 g/mol. The number of primary amides is 1. The fraction of sp³-hybridized carbons (Fsp3) is 0.500. The lowest BCUT2D eigenvalue weighted by Gasteiger charge is -2.42. The van der Waals surface area contributed by atoms with E-state index in [1.54, 1.807) is 105 Å². The van der Waals surface area contributed by atoms with Gasteiger partial charge in [-0.3, -0.25) is 53.3 Å². The number of likely N-dealkylation sites (N-methyl/N-ethyl adjacent to an activating group) is 1. The van der Waals surface area contributed by atoms with Crippen LogP contribution in [0.2, 0.25) is 5.02 Å². The first-order valence-electron chi connectivity index (χ1n) is 40.7. The minimum atomic E-state index is -4.13. The van der Waals surface area contributed by atoms with Crippen LogP contribution in [0.15, 0.2) is 121 Å². The highest BCUT2D eigenvalue weighted by Crippen LogP contribution is 2.49. The number of nitrogens with one attached hydrogen (secondary N) is 10. The number of halogens is 1. The number of methoxy groups -OCH3 is 2. The van der Waals surface area contributed by atoms with Crippen LogP contribution in [-0.4, -0.2) is 265 Å². The molecule has 3 fully saturated rings. The minimum absolute atomic E-state index is 0.0436. The molecule has 4 bridgehead atoms. The number of nitrogens with zero attached hydrogens (tertiary/aromatic N) is 2. The Hall–Kier alpha value is -9.66. The van der Waals surface area contributed by atoms with Gasteiger partial charge in [0.15, 0.2) is 5.72 Å². The van der Waals surface area contributed by atoms with Gasteiger partial charge in [0.1, 0.15) is 94.8 Å². The molecule has 1 aromatic heterocycles. The minimum Gasteiger partial charge on any atom is -0.508 e. The average Bonchev–Trinajstić information content (AvgIpc) is 1.57. The van der Waals surface area contributed by atoms with E-state index in [4.69, 9.17) is 46.8 Å². The maximum absolute atomic E-state index is 15.2. The molecular formula is C84H111ClN14O22S5. The zero-order valence-corrected chi connectivity index (χ0v) is 76.1. The van der Waals surface area contributed by atoms with Gasteiger partial charge in [-0.25, -0.2) is 22.7 Å². The largest absolute Gasteiger partial charge is 0.508 e. The van der Waals surface area contributed by atoms with E-state index in [-0.39, 0.29) is 85.2 Å². The number of rotatable bonds is 29. The molecule has 0 spiro atoms. The molecule has 5 heterocycles. The lowest BCUT2D eigenvalue weighted by atomic mass is 9.83. The fourth-order valence-corrected chi connectivity index (χ4v) is 20.1. The van der Waals surface area contributed by atoms with Crippen LogP contribution >= 0.6 is 54.8 Å². The van der Waals surface area contributed by atoms with Crippen LogP contribution in [0.3, 0.4) is 0 Å². The number of epoxide rings is 1. The van der Waals surface area contributed by atoms with Gasteiger partial charge in [0.25, 0.3) is 0 Å². The van der Waals surface area contributed by atoms with Crippen LogP contribution in [-0.2, 0) is 107 Å². The number of nitrogens with two attached hydrogens (primary N) is 2. The molecule has 42 heteroatoms. The van der Waals surface area contributed by atoms with E-state index in [0.29, 0.717) is 46.0 Å². The lowest BCUT2D eigenvalue weighted by Crippen LogP contribution is -2.63. The lowest BCUT2D eigenvalue weighted by molar-refractivity contribution is -0.162. The number of unbranched alkanes of at least 4 members (excludes halogenated alkanes) is 1. The summed E-state index contributed by atoms with van der Waals surface area (Å²) in [7, 11) is 5.35. The Morgan fingerprint density at radius 2 is 1.51 bits per heavy atom. The number of aliphatic hydroxyl groups is 2. The first-order valence-corrected chi connectivity index (χ1v) is 48.0. The molecule has 5 aromatic rings. The maximum atomic E-state index is 15.2. The molecule has 4 aliphatic rings. The molecule has 3 saturated heterocycles. The Kier molecular flexibility index (Phi) is 36.4. The number of ether oxygens (including phenoxy) is 5. The topological polar surface area (TPSA) is 532 Å². The smallest absolute Gasteiger partial charge is 0.409 e. The maximum Gasteiger partial charge on any atom is 0.409 e.